The molecule has 0 N–H and O–H groups in total. The van der Waals surface area contributed by atoms with Gasteiger partial charge in [0.05, 0.1) is 69.1 Å². The van der Waals surface area contributed by atoms with Crippen molar-refractivity contribution >= 4 is 91.9 Å². The van der Waals surface area contributed by atoms with Crippen molar-refractivity contribution in [2.45, 2.75) is 313 Å². The summed E-state index contributed by atoms with van der Waals surface area (Å²) in [6.07, 6.45) is 64.9. The van der Waals surface area contributed by atoms with Gasteiger partial charge < -0.3 is 9.11 Å². The van der Waals surface area contributed by atoms with Gasteiger partial charge in [0.15, 0.2) is 20.2 Å². The number of hydrogen-bond acceptors (Lipinski definition) is 6. The highest BCUT2D eigenvalue weighted by Gasteiger charge is 2.70. The third-order valence-corrected chi connectivity index (χ3v) is 128. The van der Waals surface area contributed by atoms with Crippen LogP contribution in [0, 0.1) is 0 Å². The molecule has 10 rings (SSSR count). The summed E-state index contributed by atoms with van der Waals surface area (Å²) in [5, 5.41) is 0. The first-order valence-electron chi connectivity index (χ1n) is 30.9. The Bertz CT molecular complexity index is 1780. The predicted octanol–water partition coefficient (Wildman–Crippen LogP) is 24.3. The van der Waals surface area contributed by atoms with E-state index in [9.17, 15) is 26.3 Å². The summed E-state index contributed by atoms with van der Waals surface area (Å²) in [6, 6.07) is 0. The van der Waals surface area contributed by atoms with Crippen molar-refractivity contribution in [2.75, 3.05) is 26.7 Å². The smallest absolute Gasteiger partial charge is 0.485 e. The molecule has 0 amide bonds. The Labute approximate surface area is 480 Å². The fourth-order valence-corrected chi connectivity index (χ4v) is 197. The quantitative estimate of drug-likeness (QED) is 0.103. The SMILES string of the molecule is C[P+]1(C)[P@](C2CCCCC2)[P@@](C2CCCCC2)[P@](C2CCCCC2)[P@]1C1CCCCC1.C[P+]1(C)[P@](C2CCCCC2)[P@](C2CCCCC2)[P@@](C2CCCCC2)[P@]1C1CCCCC1.O=S(=O)([O-])C(F)(F)F.O=S(=O)([O-])C(F)(F)F. The van der Waals surface area contributed by atoms with Gasteiger partial charge in [-0.3, -0.25) is 0 Å². The zero-order valence-corrected chi connectivity index (χ0v) is 58.5. The second-order valence-corrected chi connectivity index (χ2v) is 86.6. The van der Waals surface area contributed by atoms with Crippen molar-refractivity contribution in [3.63, 3.8) is 0 Å². The van der Waals surface area contributed by atoms with Gasteiger partial charge >= 0.3 is 11.0 Å². The van der Waals surface area contributed by atoms with Crippen molar-refractivity contribution < 1.29 is 52.3 Å². The van der Waals surface area contributed by atoms with E-state index in [1.54, 1.807) is 257 Å². The summed E-state index contributed by atoms with van der Waals surface area (Å²) < 4.78 is 118. The lowest BCUT2D eigenvalue weighted by Crippen LogP contribution is -2.21. The van der Waals surface area contributed by atoms with Gasteiger partial charge in [-0.2, -0.15) is 26.3 Å². The topological polar surface area (TPSA) is 114 Å². The molecular formula is C54H100F6O6P10S2. The first-order valence-corrected chi connectivity index (χ1v) is 57.5. The molecule has 6 nitrogen and oxygen atoms in total. The minimum absolute atomic E-state index is 0.412. The Morgan fingerprint density at radius 1 is 0.282 bits per heavy atom. The van der Waals surface area contributed by atoms with Crippen molar-refractivity contribution in [3.8, 4) is 0 Å². The molecule has 0 aromatic heterocycles. The van der Waals surface area contributed by atoms with Gasteiger partial charge in [0.2, 0.25) is 0 Å². The van der Waals surface area contributed by atoms with Crippen LogP contribution < -0.4 is 0 Å². The molecule has 0 radical (unpaired) electrons. The average molecular weight is 1330 g/mol. The van der Waals surface area contributed by atoms with Gasteiger partial charge in [-0.05, 0) is 155 Å². The van der Waals surface area contributed by atoms with Crippen molar-refractivity contribution in [1.82, 2.24) is 0 Å². The molecule has 0 aromatic carbocycles. The van der Waals surface area contributed by atoms with E-state index in [1.165, 1.54) is 45.3 Å². The lowest BCUT2D eigenvalue weighted by Gasteiger charge is -2.41. The summed E-state index contributed by atoms with van der Waals surface area (Å²) in [7, 11) is -8.85. The fraction of sp³-hybridized carbons (Fsp3) is 1.00. The molecule has 0 spiro atoms. The first-order chi connectivity index (χ1) is 36.9. The molecule has 8 atom stereocenters. The van der Waals surface area contributed by atoms with Gasteiger partial charge in [-0.1, -0.05) is 154 Å². The second kappa shape index (κ2) is 31.4. The van der Waals surface area contributed by atoms with Gasteiger partial charge in [-0.25, -0.2) is 16.8 Å². The molecule has 10 aliphatic rings. The molecular weight excluding hydrogens is 1230 g/mol. The number of rotatable bonds is 8. The molecule has 2 aliphatic heterocycles. The summed E-state index contributed by atoms with van der Waals surface area (Å²) in [4.78, 5) is 0. The molecule has 0 bridgehead atoms. The Morgan fingerprint density at radius 2 is 0.397 bits per heavy atom. The Hall–Kier alpha value is 3.70. The van der Waals surface area contributed by atoms with Crippen LogP contribution >= 0.6 is 71.7 Å². The normalized spacial score (nSPS) is 34.4. The molecule has 2 heterocycles. The van der Waals surface area contributed by atoms with Crippen LogP contribution in [0.5, 0.6) is 0 Å². The van der Waals surface area contributed by atoms with Crippen LogP contribution in [-0.4, -0.2) is 109 Å². The zero-order chi connectivity index (χ0) is 56.5. The molecule has 456 valence electrons. The van der Waals surface area contributed by atoms with Gasteiger partial charge in [0.25, 0.3) is 0 Å². The van der Waals surface area contributed by atoms with Crippen LogP contribution in [0.1, 0.15) is 257 Å². The monoisotopic (exact) mass is 1330 g/mol. The first kappa shape index (κ1) is 69.2. The number of alkyl halides is 6. The molecule has 8 aliphatic carbocycles. The Morgan fingerprint density at radius 3 is 0.513 bits per heavy atom. The molecule has 0 aromatic rings. The van der Waals surface area contributed by atoms with Crippen LogP contribution in [0.2, 0.25) is 0 Å². The molecule has 78 heavy (non-hydrogen) atoms. The highest BCUT2D eigenvalue weighted by atomic mass is 33.0. The van der Waals surface area contributed by atoms with Crippen molar-refractivity contribution in [2.24, 2.45) is 0 Å². The minimum atomic E-state index is -6.09. The largest absolute Gasteiger partial charge is 0.741 e. The maximum atomic E-state index is 10.7. The standard InChI is InChI=1S/2C26H50P5.2CHF3O3S/c2*1-31(2)29(25-19-11-5-12-20-25)27(23-15-7-3-8-16-23)28(24-17-9-4-10-18-24)30(31)26-21-13-6-14-22-26;2*2-1(3,4)8(5,6)7/h2*23-26H,3-22H2,1-2H3;2*(H,5,6,7)/q2*+1;;/p-2/t2*27-,28-,29-,30+;;/m10../s1. The number of halogens is 6. The van der Waals surface area contributed by atoms with Crippen LogP contribution in [0.4, 0.5) is 26.3 Å². The Balaban J connectivity index is 0.000000177. The molecule has 10 fully saturated rings. The third-order valence-electron chi connectivity index (χ3n) is 19.0. The summed E-state index contributed by atoms with van der Waals surface area (Å²) >= 11 is 0. The lowest BCUT2D eigenvalue weighted by molar-refractivity contribution is -0.0522. The van der Waals surface area contributed by atoms with E-state index >= 15 is 0 Å². The highest BCUT2D eigenvalue weighted by molar-refractivity contribution is 9.13. The number of hydrogen-bond donors (Lipinski definition) is 0. The maximum Gasteiger partial charge on any atom is 0.485 e. The van der Waals surface area contributed by atoms with Crippen LogP contribution in [0.15, 0.2) is 0 Å². The lowest BCUT2D eigenvalue weighted by atomic mass is 10.0. The molecule has 8 saturated carbocycles. The van der Waals surface area contributed by atoms with Gasteiger partial charge in [0.1, 0.15) is 0 Å². The van der Waals surface area contributed by atoms with Crippen molar-refractivity contribution in [3.05, 3.63) is 0 Å². The van der Waals surface area contributed by atoms with E-state index < -0.39 is 44.5 Å². The zero-order valence-electron chi connectivity index (χ0n) is 47.9. The molecule has 24 heteroatoms. The van der Waals surface area contributed by atoms with E-state index in [1.807, 2.05) is 0 Å². The van der Waals surface area contributed by atoms with Gasteiger partial charge in [0, 0.05) is 22.6 Å². The summed E-state index contributed by atoms with van der Waals surface area (Å²) in [5.41, 5.74) is -1.33. The van der Waals surface area contributed by atoms with E-state index in [0.717, 1.165) is 0 Å². The second-order valence-electron chi connectivity index (χ2n) is 25.4. The van der Waals surface area contributed by atoms with E-state index in [-0.39, 0.29) is 0 Å². The minimum Gasteiger partial charge on any atom is -0.741 e. The van der Waals surface area contributed by atoms with Crippen LogP contribution in [0.25, 0.3) is 0 Å². The maximum absolute atomic E-state index is 10.7. The summed E-state index contributed by atoms with van der Waals surface area (Å²) in [5.74, 6) is 0. The van der Waals surface area contributed by atoms with Crippen molar-refractivity contribution in [1.29, 1.82) is 0 Å². The average Bonchev–Trinajstić information content (AvgIpc) is 4.10. The predicted molar refractivity (Wildman–Crippen MR) is 339 cm³/mol. The highest BCUT2D eigenvalue weighted by Crippen LogP contribution is 3.29. The molecule has 2 saturated heterocycles. The Kier molecular flexibility index (Phi) is 27.9. The summed E-state index contributed by atoms with van der Waals surface area (Å²) in [6.45, 7) is 10.7. The molecule has 0 unspecified atom stereocenters. The van der Waals surface area contributed by atoms with E-state index in [2.05, 4.69) is 26.7 Å². The van der Waals surface area contributed by atoms with E-state index in [0.29, 0.717) is 58.4 Å². The van der Waals surface area contributed by atoms with Gasteiger partial charge in [-0.15, -0.1) is 0 Å². The third kappa shape index (κ3) is 18.0. The van der Waals surface area contributed by atoms with E-state index in [4.69, 9.17) is 25.9 Å². The fourth-order valence-electron chi connectivity index (χ4n) is 15.6. The van der Waals surface area contributed by atoms with Crippen LogP contribution in [-0.2, 0) is 20.2 Å². The van der Waals surface area contributed by atoms with Crippen LogP contribution in [0.3, 0.4) is 0 Å².